The first-order valence-electron chi connectivity index (χ1n) is 7.80. The predicted molar refractivity (Wildman–Crippen MR) is 103 cm³/mol. The third-order valence-corrected chi connectivity index (χ3v) is 5.56. The Morgan fingerprint density at radius 3 is 2.42 bits per heavy atom. The number of aliphatic carboxylic acids is 1. The lowest BCUT2D eigenvalue weighted by Crippen LogP contribution is -2.27. The second kappa shape index (κ2) is 7.61. The highest BCUT2D eigenvalue weighted by atomic mass is 35.5. The normalized spacial score (nSPS) is 13.1. The zero-order chi connectivity index (χ0) is 18.8. The summed E-state index contributed by atoms with van der Waals surface area (Å²) in [6, 6.07) is 11.2. The lowest BCUT2D eigenvalue weighted by molar-refractivity contribution is -0.140. The fraction of sp³-hybridized carbons (Fsp3) is 0.167. The lowest BCUT2D eigenvalue weighted by Gasteiger charge is -2.13. The topological polar surface area (TPSA) is 71.7 Å². The van der Waals surface area contributed by atoms with Gasteiger partial charge < -0.3 is 9.67 Å². The van der Waals surface area contributed by atoms with Gasteiger partial charge in [0.05, 0.1) is 25.8 Å². The number of carboxylic acid groups (broad SMARTS) is 1. The van der Waals surface area contributed by atoms with E-state index >= 15 is 0 Å². The van der Waals surface area contributed by atoms with Crippen LogP contribution < -0.4 is 4.80 Å². The van der Waals surface area contributed by atoms with E-state index in [-0.39, 0.29) is 15.6 Å². The number of amides is 1. The monoisotopic (exact) mass is 408 g/mol. The van der Waals surface area contributed by atoms with Gasteiger partial charge in [0, 0.05) is 0 Å². The van der Waals surface area contributed by atoms with Crippen LogP contribution in [0.3, 0.4) is 0 Å². The summed E-state index contributed by atoms with van der Waals surface area (Å²) in [4.78, 5) is 28.8. The number of carbonyl (C=O) groups excluding carboxylic acids is 1. The number of halogens is 2. The SMILES string of the molecule is CCC(C(=O)O)n1c(=NC(=O)c2c(Cl)cccc2Cl)sc2ccccc21. The number of aromatic nitrogens is 1. The number of rotatable bonds is 4. The van der Waals surface area contributed by atoms with Crippen LogP contribution in [0, 0.1) is 0 Å². The van der Waals surface area contributed by atoms with Gasteiger partial charge in [0.15, 0.2) is 4.80 Å². The van der Waals surface area contributed by atoms with Crippen LogP contribution in [0.4, 0.5) is 0 Å². The summed E-state index contributed by atoms with van der Waals surface area (Å²) in [5, 5.41) is 9.98. The third-order valence-electron chi connectivity index (χ3n) is 3.89. The quantitative estimate of drug-likeness (QED) is 0.674. The van der Waals surface area contributed by atoms with E-state index in [1.54, 1.807) is 29.7 Å². The van der Waals surface area contributed by atoms with Crippen LogP contribution in [-0.4, -0.2) is 21.6 Å². The Hall–Kier alpha value is -2.15. The van der Waals surface area contributed by atoms with Crippen molar-refractivity contribution in [2.75, 3.05) is 0 Å². The van der Waals surface area contributed by atoms with Crippen molar-refractivity contribution >= 4 is 56.6 Å². The largest absolute Gasteiger partial charge is 0.480 e. The molecule has 3 rings (SSSR count). The third kappa shape index (κ3) is 3.40. The minimum Gasteiger partial charge on any atom is -0.480 e. The molecule has 0 saturated heterocycles. The zero-order valence-electron chi connectivity index (χ0n) is 13.6. The number of carboxylic acids is 1. The Labute approximate surface area is 163 Å². The summed E-state index contributed by atoms with van der Waals surface area (Å²) < 4.78 is 2.41. The highest BCUT2D eigenvalue weighted by molar-refractivity contribution is 7.16. The molecule has 1 atom stereocenters. The van der Waals surface area contributed by atoms with Crippen molar-refractivity contribution in [3.63, 3.8) is 0 Å². The average Bonchev–Trinajstić information content (AvgIpc) is 2.93. The van der Waals surface area contributed by atoms with Gasteiger partial charge in [-0.05, 0) is 30.7 Å². The molecule has 0 fully saturated rings. The predicted octanol–water partition coefficient (Wildman–Crippen LogP) is 4.79. The van der Waals surface area contributed by atoms with E-state index in [0.717, 1.165) is 4.70 Å². The first kappa shape index (κ1) is 18.6. The van der Waals surface area contributed by atoms with E-state index in [2.05, 4.69) is 4.99 Å². The van der Waals surface area contributed by atoms with E-state index in [1.165, 1.54) is 11.3 Å². The van der Waals surface area contributed by atoms with Gasteiger partial charge in [-0.2, -0.15) is 4.99 Å². The molecule has 5 nitrogen and oxygen atoms in total. The van der Waals surface area contributed by atoms with Crippen molar-refractivity contribution in [3.8, 4) is 0 Å². The molecule has 26 heavy (non-hydrogen) atoms. The number of hydrogen-bond acceptors (Lipinski definition) is 3. The Morgan fingerprint density at radius 1 is 1.15 bits per heavy atom. The van der Waals surface area contributed by atoms with E-state index in [1.807, 2.05) is 24.3 Å². The van der Waals surface area contributed by atoms with Crippen molar-refractivity contribution in [3.05, 3.63) is 62.9 Å². The van der Waals surface area contributed by atoms with Crippen LogP contribution in [0.15, 0.2) is 47.5 Å². The maximum absolute atomic E-state index is 12.7. The molecule has 0 aliphatic carbocycles. The van der Waals surface area contributed by atoms with Gasteiger partial charge in [-0.15, -0.1) is 0 Å². The van der Waals surface area contributed by atoms with Crippen LogP contribution in [0.1, 0.15) is 29.7 Å². The lowest BCUT2D eigenvalue weighted by atomic mass is 10.2. The molecule has 1 heterocycles. The fourth-order valence-corrected chi connectivity index (χ4v) is 4.31. The molecule has 0 radical (unpaired) electrons. The Kier molecular flexibility index (Phi) is 5.46. The van der Waals surface area contributed by atoms with Crippen LogP contribution in [-0.2, 0) is 4.79 Å². The minimum absolute atomic E-state index is 0.100. The van der Waals surface area contributed by atoms with Gasteiger partial charge in [0.2, 0.25) is 0 Å². The number of nitrogens with zero attached hydrogens (tertiary/aromatic N) is 2. The van der Waals surface area contributed by atoms with Crippen molar-refractivity contribution in [2.24, 2.45) is 4.99 Å². The van der Waals surface area contributed by atoms with Crippen LogP contribution in [0.25, 0.3) is 10.2 Å². The van der Waals surface area contributed by atoms with Crippen LogP contribution >= 0.6 is 34.5 Å². The number of benzene rings is 2. The van der Waals surface area contributed by atoms with Crippen molar-refractivity contribution < 1.29 is 14.7 Å². The Bertz CT molecular complexity index is 1050. The van der Waals surface area contributed by atoms with E-state index < -0.39 is 17.9 Å². The van der Waals surface area contributed by atoms with Crippen LogP contribution in [0.2, 0.25) is 10.0 Å². The Balaban J connectivity index is 2.26. The molecule has 0 aliphatic rings. The molecular formula is C18H14Cl2N2O3S. The standard InChI is InChI=1S/C18H14Cl2N2O3S/c1-2-12(17(24)25)22-13-8-3-4-9-14(13)26-18(22)21-16(23)15-10(19)6-5-7-11(15)20/h3-9,12H,2H2,1H3,(H,24,25). The van der Waals surface area contributed by atoms with Gasteiger partial charge >= 0.3 is 5.97 Å². The Morgan fingerprint density at radius 2 is 1.81 bits per heavy atom. The minimum atomic E-state index is -0.985. The van der Waals surface area contributed by atoms with E-state index in [9.17, 15) is 14.7 Å². The number of thiazole rings is 1. The summed E-state index contributed by atoms with van der Waals surface area (Å²) in [6.07, 6.45) is 0.351. The molecule has 0 bridgehead atoms. The number of carbonyl (C=O) groups is 2. The van der Waals surface area contributed by atoms with E-state index in [4.69, 9.17) is 23.2 Å². The number of hydrogen-bond donors (Lipinski definition) is 1. The number of para-hydroxylation sites is 1. The molecule has 3 aromatic rings. The van der Waals surface area contributed by atoms with Gasteiger partial charge in [0.1, 0.15) is 6.04 Å². The summed E-state index contributed by atoms with van der Waals surface area (Å²) in [7, 11) is 0. The highest BCUT2D eigenvalue weighted by Crippen LogP contribution is 2.26. The molecular weight excluding hydrogens is 395 g/mol. The first-order valence-corrected chi connectivity index (χ1v) is 9.37. The smallest absolute Gasteiger partial charge is 0.326 e. The molecule has 1 amide bonds. The molecule has 1 N–H and O–H groups in total. The van der Waals surface area contributed by atoms with E-state index in [0.29, 0.717) is 16.7 Å². The molecule has 1 unspecified atom stereocenters. The van der Waals surface area contributed by atoms with Crippen molar-refractivity contribution in [1.82, 2.24) is 4.57 Å². The van der Waals surface area contributed by atoms with Gasteiger partial charge in [-0.3, -0.25) is 4.79 Å². The fourth-order valence-electron chi connectivity index (χ4n) is 2.68. The first-order chi connectivity index (χ1) is 12.4. The average molecular weight is 409 g/mol. The van der Waals surface area contributed by atoms with Gasteiger partial charge in [-0.1, -0.05) is 59.7 Å². The molecule has 0 saturated carbocycles. The maximum Gasteiger partial charge on any atom is 0.326 e. The zero-order valence-corrected chi connectivity index (χ0v) is 16.0. The van der Waals surface area contributed by atoms with Gasteiger partial charge in [-0.25, -0.2) is 4.79 Å². The summed E-state index contributed by atoms with van der Waals surface area (Å²) in [5.41, 5.74) is 0.812. The highest BCUT2D eigenvalue weighted by Gasteiger charge is 2.22. The second-order valence-corrected chi connectivity index (χ2v) is 7.32. The van der Waals surface area contributed by atoms with Crippen LogP contribution in [0.5, 0.6) is 0 Å². The molecule has 0 aliphatic heterocycles. The maximum atomic E-state index is 12.7. The van der Waals surface area contributed by atoms with Crippen molar-refractivity contribution in [1.29, 1.82) is 0 Å². The second-order valence-electron chi connectivity index (χ2n) is 5.50. The molecule has 0 spiro atoms. The number of fused-ring (bicyclic) bond motifs is 1. The van der Waals surface area contributed by atoms with Crippen molar-refractivity contribution in [2.45, 2.75) is 19.4 Å². The summed E-state index contributed by atoms with van der Waals surface area (Å²) >= 11 is 13.4. The molecule has 1 aromatic heterocycles. The molecule has 134 valence electrons. The van der Waals surface area contributed by atoms with Gasteiger partial charge in [0.25, 0.3) is 5.91 Å². The summed E-state index contributed by atoms with van der Waals surface area (Å²) in [6.45, 7) is 1.77. The summed E-state index contributed by atoms with van der Waals surface area (Å²) in [5.74, 6) is -1.60. The molecule has 8 heteroatoms. The molecule has 2 aromatic carbocycles.